The van der Waals surface area contributed by atoms with Gasteiger partial charge in [0.2, 0.25) is 17.8 Å². The average molecular weight is 477 g/mol. The number of para-hydroxylation sites is 1. The first kappa shape index (κ1) is 22.4. The second kappa shape index (κ2) is 8.41. The van der Waals surface area contributed by atoms with E-state index in [1.165, 1.54) is 12.3 Å². The Kier molecular flexibility index (Phi) is 5.53. The van der Waals surface area contributed by atoms with E-state index in [4.69, 9.17) is 5.73 Å². The maximum atomic E-state index is 14.3. The van der Waals surface area contributed by atoms with E-state index < -0.39 is 23.6 Å². The molecule has 0 saturated heterocycles. The third-order valence-electron chi connectivity index (χ3n) is 6.52. The zero-order valence-electron chi connectivity index (χ0n) is 18.1. The molecule has 0 atom stereocenters. The second-order valence-corrected chi connectivity index (χ2v) is 8.94. The van der Waals surface area contributed by atoms with Crippen LogP contribution in [0.3, 0.4) is 0 Å². The monoisotopic (exact) mass is 477 g/mol. The number of nitrogens with two attached hydrogens (primary N) is 1. The van der Waals surface area contributed by atoms with Crippen molar-refractivity contribution in [2.45, 2.75) is 56.5 Å². The van der Waals surface area contributed by atoms with Gasteiger partial charge in [-0.15, -0.1) is 0 Å². The van der Waals surface area contributed by atoms with Gasteiger partial charge in [0.05, 0.1) is 6.20 Å². The third kappa shape index (κ3) is 4.24. The summed E-state index contributed by atoms with van der Waals surface area (Å²) in [6.07, 6.45) is 3.11. The van der Waals surface area contributed by atoms with Crippen LogP contribution < -0.4 is 16.4 Å². The number of carbonyl (C=O) groups is 1. The van der Waals surface area contributed by atoms with E-state index in [2.05, 4.69) is 25.6 Å². The number of anilines is 3. The van der Waals surface area contributed by atoms with Crippen molar-refractivity contribution in [2.24, 2.45) is 11.7 Å². The molecule has 2 fully saturated rings. The summed E-state index contributed by atoms with van der Waals surface area (Å²) >= 11 is 0. The van der Waals surface area contributed by atoms with E-state index in [9.17, 15) is 22.4 Å². The minimum absolute atomic E-state index is 0.170. The summed E-state index contributed by atoms with van der Waals surface area (Å²) in [5, 5.41) is 5.66. The molecule has 8 nitrogen and oxygen atoms in total. The number of primary amides is 1. The first-order valence-corrected chi connectivity index (χ1v) is 11.1. The molecule has 4 N–H and O–H groups in total. The second-order valence-electron chi connectivity index (χ2n) is 8.94. The lowest BCUT2D eigenvalue weighted by atomic mass is 9.85. The minimum Gasteiger partial charge on any atom is -0.369 e. The molecule has 0 bridgehead atoms. The molecule has 2 heterocycles. The highest BCUT2D eigenvalue weighted by atomic mass is 19.3. The summed E-state index contributed by atoms with van der Waals surface area (Å²) in [6, 6.07) is 2.91. The van der Waals surface area contributed by atoms with Crippen LogP contribution in [0.4, 0.5) is 35.1 Å². The first-order chi connectivity index (χ1) is 16.2. The summed E-state index contributed by atoms with van der Waals surface area (Å²) in [4.78, 5) is 24.7. The highest BCUT2D eigenvalue weighted by molar-refractivity contribution is 5.78. The number of aromatic nitrogens is 4. The number of imidazole rings is 1. The smallest absolute Gasteiger partial charge is 0.252 e. The van der Waals surface area contributed by atoms with E-state index in [-0.39, 0.29) is 48.3 Å². The third-order valence-corrected chi connectivity index (χ3v) is 6.52. The van der Waals surface area contributed by atoms with Gasteiger partial charge in [0.15, 0.2) is 5.65 Å². The van der Waals surface area contributed by atoms with Crippen LogP contribution in [0, 0.1) is 17.6 Å². The highest BCUT2D eigenvalue weighted by Crippen LogP contribution is 2.40. The zero-order valence-corrected chi connectivity index (χ0v) is 18.1. The van der Waals surface area contributed by atoms with E-state index in [0.717, 1.165) is 12.1 Å². The Labute approximate surface area is 192 Å². The molecular weight excluding hydrogens is 454 g/mol. The lowest BCUT2D eigenvalue weighted by Gasteiger charge is -2.35. The van der Waals surface area contributed by atoms with E-state index in [1.807, 2.05) is 0 Å². The largest absolute Gasteiger partial charge is 0.369 e. The van der Waals surface area contributed by atoms with Crippen LogP contribution in [0.15, 0.2) is 24.4 Å². The lowest BCUT2D eigenvalue weighted by Crippen LogP contribution is -2.44. The van der Waals surface area contributed by atoms with Gasteiger partial charge < -0.3 is 16.4 Å². The van der Waals surface area contributed by atoms with Gasteiger partial charge in [0.1, 0.15) is 22.8 Å². The predicted molar refractivity (Wildman–Crippen MR) is 117 cm³/mol. The predicted octanol–water partition coefficient (Wildman–Crippen LogP) is 4.27. The van der Waals surface area contributed by atoms with Gasteiger partial charge in [0, 0.05) is 30.8 Å². The van der Waals surface area contributed by atoms with Gasteiger partial charge in [-0.2, -0.15) is 4.98 Å². The number of rotatable bonds is 6. The van der Waals surface area contributed by atoms with Crippen molar-refractivity contribution in [2.75, 3.05) is 10.6 Å². The molecule has 0 unspecified atom stereocenters. The first-order valence-electron chi connectivity index (χ1n) is 11.1. The van der Waals surface area contributed by atoms with Crippen LogP contribution in [0.25, 0.3) is 11.2 Å². The maximum Gasteiger partial charge on any atom is 0.252 e. The van der Waals surface area contributed by atoms with Crippen LogP contribution in [0.2, 0.25) is 0 Å². The minimum atomic E-state index is -2.69. The van der Waals surface area contributed by atoms with Crippen LogP contribution >= 0.6 is 0 Å². The molecule has 0 radical (unpaired) electrons. The molecule has 180 valence electrons. The molecule has 5 rings (SSSR count). The van der Waals surface area contributed by atoms with Crippen molar-refractivity contribution in [3.8, 4) is 0 Å². The number of fused-ring (bicyclic) bond motifs is 1. The highest BCUT2D eigenvalue weighted by Gasteiger charge is 2.45. The summed E-state index contributed by atoms with van der Waals surface area (Å²) in [6.45, 7) is 0. The van der Waals surface area contributed by atoms with Crippen LogP contribution in [-0.4, -0.2) is 37.4 Å². The molecule has 1 aromatic carbocycles. The molecule has 3 aromatic rings. The fraction of sp³-hybridized carbons (Fsp3) is 0.455. The Hall–Kier alpha value is -3.44. The quantitative estimate of drug-likeness (QED) is 0.457. The molecule has 2 aromatic heterocycles. The van der Waals surface area contributed by atoms with Crippen molar-refractivity contribution in [3.63, 3.8) is 0 Å². The average Bonchev–Trinajstić information content (AvgIpc) is 3.12. The summed E-state index contributed by atoms with van der Waals surface area (Å²) in [5.74, 6) is -4.51. The van der Waals surface area contributed by atoms with E-state index in [0.29, 0.717) is 36.8 Å². The van der Waals surface area contributed by atoms with Crippen LogP contribution in [0.5, 0.6) is 0 Å². The summed E-state index contributed by atoms with van der Waals surface area (Å²) in [7, 11) is 0. The number of hydrogen-bond acceptors (Lipinski definition) is 6. The molecular formula is C22H23F4N7O. The van der Waals surface area contributed by atoms with Gasteiger partial charge in [-0.05, 0) is 37.8 Å². The Balaban J connectivity index is 1.51. The van der Waals surface area contributed by atoms with Crippen molar-refractivity contribution in [3.05, 3.63) is 36.0 Å². The van der Waals surface area contributed by atoms with Gasteiger partial charge in [0.25, 0.3) is 5.92 Å². The van der Waals surface area contributed by atoms with Crippen molar-refractivity contribution in [1.29, 1.82) is 0 Å². The summed E-state index contributed by atoms with van der Waals surface area (Å²) in [5.41, 5.74) is 5.87. The van der Waals surface area contributed by atoms with Gasteiger partial charge >= 0.3 is 0 Å². The number of benzene rings is 1. The molecule has 2 saturated carbocycles. The Morgan fingerprint density at radius 1 is 1.09 bits per heavy atom. The topological polar surface area (TPSA) is 111 Å². The molecule has 12 heteroatoms. The van der Waals surface area contributed by atoms with Crippen LogP contribution in [0.1, 0.15) is 44.6 Å². The lowest BCUT2D eigenvalue weighted by molar-refractivity contribution is -0.122. The fourth-order valence-electron chi connectivity index (χ4n) is 4.69. The number of nitrogens with zero attached hydrogens (tertiary/aromatic N) is 4. The molecule has 1 amide bonds. The van der Waals surface area contributed by atoms with E-state index in [1.54, 1.807) is 4.57 Å². The Bertz CT molecular complexity index is 1210. The number of nitrogens with one attached hydrogen (secondary N) is 2. The van der Waals surface area contributed by atoms with E-state index >= 15 is 0 Å². The van der Waals surface area contributed by atoms with Gasteiger partial charge in [-0.3, -0.25) is 9.36 Å². The van der Waals surface area contributed by atoms with Crippen molar-refractivity contribution < 1.29 is 22.4 Å². The van der Waals surface area contributed by atoms with Crippen molar-refractivity contribution in [1.82, 2.24) is 19.5 Å². The number of carbonyl (C=O) groups excluding carboxylic acids is 1. The standard InChI is InChI=1S/C22H23F4N7O/c23-14-2-1-3-15(24)17(14)31-21-30-16-10-28-20(29-12-8-22(25,26)9-12)32-19(16)33(21)13-6-4-11(5-7-13)18(27)34/h1-3,10-13H,4-9H2,(H2,27,34)(H,30,31)(H,28,29,32). The number of halogens is 4. The normalized spacial score (nSPS) is 22.4. The van der Waals surface area contributed by atoms with Crippen molar-refractivity contribution >= 4 is 34.7 Å². The fourth-order valence-corrected chi connectivity index (χ4v) is 4.69. The maximum absolute atomic E-state index is 14.3. The van der Waals surface area contributed by atoms with Gasteiger partial charge in [-0.25, -0.2) is 27.5 Å². The SMILES string of the molecule is NC(=O)C1CCC(n2c(Nc3c(F)cccc3F)nc3cnc(NC4CC(F)(F)C4)nc32)CC1. The zero-order chi connectivity index (χ0) is 24.0. The Morgan fingerprint density at radius 3 is 2.38 bits per heavy atom. The molecule has 0 spiro atoms. The van der Waals surface area contributed by atoms with Crippen LogP contribution in [-0.2, 0) is 4.79 Å². The number of alkyl halides is 2. The number of hydrogen-bond donors (Lipinski definition) is 3. The van der Waals surface area contributed by atoms with Gasteiger partial charge in [-0.1, -0.05) is 6.07 Å². The summed E-state index contributed by atoms with van der Waals surface area (Å²) < 4.78 is 56.8. The molecule has 2 aliphatic rings. The Morgan fingerprint density at radius 2 is 1.76 bits per heavy atom. The molecule has 0 aliphatic heterocycles. The molecule has 34 heavy (non-hydrogen) atoms. The molecule has 2 aliphatic carbocycles. The number of amides is 1.